The number of hydrogen-bond acceptors (Lipinski definition) is 3. The molecule has 14 heavy (non-hydrogen) atoms. The van der Waals surface area contributed by atoms with Crippen molar-refractivity contribution in [1.82, 2.24) is 4.98 Å². The number of aromatic nitrogens is 1. The first-order valence-corrected chi connectivity index (χ1v) is 3.53. The highest BCUT2D eigenvalue weighted by Crippen LogP contribution is 2.25. The maximum atomic E-state index is 12.8. The Morgan fingerprint density at radius 3 is 2.57 bits per heavy atom. The maximum Gasteiger partial charge on any atom is 0.280 e. The molecule has 0 radical (unpaired) electrons. The molecule has 0 saturated heterocycles. The van der Waals surface area contributed by atoms with Gasteiger partial charge in [-0.1, -0.05) is 0 Å². The lowest BCUT2D eigenvalue weighted by molar-refractivity contribution is -0.385. The zero-order valence-corrected chi connectivity index (χ0v) is 7.00. The van der Waals surface area contributed by atoms with Crippen LogP contribution in [-0.2, 0) is 0 Å². The number of pyridine rings is 1. The Hall–Kier alpha value is -1.66. The van der Waals surface area contributed by atoms with Crippen LogP contribution in [0.4, 0.5) is 18.9 Å². The third kappa shape index (κ3) is 1.81. The average molecular weight is 206 g/mol. The summed E-state index contributed by atoms with van der Waals surface area (Å²) in [4.78, 5) is 12.3. The van der Waals surface area contributed by atoms with Gasteiger partial charge in [0, 0.05) is 6.07 Å². The van der Waals surface area contributed by atoms with Crippen molar-refractivity contribution in [3.63, 3.8) is 0 Å². The van der Waals surface area contributed by atoms with Crippen LogP contribution in [0, 0.1) is 23.0 Å². The van der Waals surface area contributed by atoms with Crippen molar-refractivity contribution >= 4 is 5.69 Å². The maximum absolute atomic E-state index is 12.8. The molecule has 1 aromatic heterocycles. The van der Waals surface area contributed by atoms with Gasteiger partial charge in [0.05, 0.1) is 10.5 Å². The van der Waals surface area contributed by atoms with Crippen LogP contribution < -0.4 is 0 Å². The summed E-state index contributed by atoms with van der Waals surface area (Å²) < 4.78 is 37.0. The van der Waals surface area contributed by atoms with E-state index in [1.165, 1.54) is 0 Å². The van der Waals surface area contributed by atoms with Gasteiger partial charge in [-0.2, -0.15) is 4.39 Å². The Morgan fingerprint density at radius 2 is 2.14 bits per heavy atom. The van der Waals surface area contributed by atoms with Gasteiger partial charge >= 0.3 is 0 Å². The predicted molar refractivity (Wildman–Crippen MR) is 40.5 cm³/mol. The normalized spacial score (nSPS) is 10.6. The van der Waals surface area contributed by atoms with Gasteiger partial charge in [-0.05, 0) is 6.92 Å². The third-order valence-electron chi connectivity index (χ3n) is 1.63. The van der Waals surface area contributed by atoms with Crippen molar-refractivity contribution < 1.29 is 18.1 Å². The summed E-state index contributed by atoms with van der Waals surface area (Å²) in [5.41, 5.74) is -1.97. The van der Waals surface area contributed by atoms with Crippen molar-refractivity contribution in [2.75, 3.05) is 0 Å². The number of nitrogens with zero attached hydrogens (tertiary/aromatic N) is 2. The Balaban J connectivity index is 3.35. The molecular weight excluding hydrogens is 201 g/mol. The number of hydrogen-bond donors (Lipinski definition) is 0. The van der Waals surface area contributed by atoms with E-state index in [0.29, 0.717) is 6.07 Å². The fraction of sp³-hybridized carbons (Fsp3) is 0.286. The monoisotopic (exact) mass is 206 g/mol. The summed E-state index contributed by atoms with van der Waals surface area (Å²) in [7, 11) is 0. The Kier molecular flexibility index (Phi) is 2.68. The van der Waals surface area contributed by atoms with Gasteiger partial charge < -0.3 is 0 Å². The first kappa shape index (κ1) is 10.4. The van der Waals surface area contributed by atoms with Crippen molar-refractivity contribution in [3.05, 3.63) is 33.4 Å². The van der Waals surface area contributed by atoms with Crippen molar-refractivity contribution in [2.45, 2.75) is 13.3 Å². The van der Waals surface area contributed by atoms with E-state index in [9.17, 15) is 23.3 Å². The minimum absolute atomic E-state index is 0.348. The molecule has 0 N–H and O–H groups in total. The van der Waals surface area contributed by atoms with Gasteiger partial charge in [-0.25, -0.2) is 13.8 Å². The third-order valence-corrected chi connectivity index (χ3v) is 1.63. The molecule has 1 heterocycles. The van der Waals surface area contributed by atoms with E-state index < -0.39 is 28.7 Å². The first-order valence-electron chi connectivity index (χ1n) is 3.53. The van der Waals surface area contributed by atoms with Gasteiger partial charge in [0.1, 0.15) is 5.69 Å². The summed E-state index contributed by atoms with van der Waals surface area (Å²) >= 11 is 0. The fourth-order valence-electron chi connectivity index (χ4n) is 0.885. The van der Waals surface area contributed by atoms with E-state index in [1.54, 1.807) is 0 Å². The SMILES string of the molecule is Cc1c([N+](=O)[O-])cc(C(F)F)nc1F. The number of halogens is 3. The minimum Gasteiger partial charge on any atom is -0.258 e. The highest BCUT2D eigenvalue weighted by Gasteiger charge is 2.21. The molecule has 0 spiro atoms. The second-order valence-electron chi connectivity index (χ2n) is 2.54. The molecule has 0 fully saturated rings. The number of nitro groups is 1. The molecule has 7 heteroatoms. The van der Waals surface area contributed by atoms with Crippen LogP contribution in [0.25, 0.3) is 0 Å². The van der Waals surface area contributed by atoms with Gasteiger partial charge in [0.2, 0.25) is 5.95 Å². The molecule has 1 aromatic rings. The first-order chi connectivity index (χ1) is 6.43. The molecule has 4 nitrogen and oxygen atoms in total. The van der Waals surface area contributed by atoms with Crippen LogP contribution in [0.3, 0.4) is 0 Å². The average Bonchev–Trinajstić information content (AvgIpc) is 2.08. The lowest BCUT2D eigenvalue weighted by Crippen LogP contribution is -2.01. The Morgan fingerprint density at radius 1 is 1.57 bits per heavy atom. The quantitative estimate of drug-likeness (QED) is 0.424. The van der Waals surface area contributed by atoms with Crippen LogP contribution in [0.5, 0.6) is 0 Å². The van der Waals surface area contributed by atoms with E-state index >= 15 is 0 Å². The molecule has 0 aliphatic carbocycles. The largest absolute Gasteiger partial charge is 0.280 e. The fourth-order valence-corrected chi connectivity index (χ4v) is 0.885. The Labute approximate surface area is 76.5 Å². The second-order valence-corrected chi connectivity index (χ2v) is 2.54. The van der Waals surface area contributed by atoms with Crippen LogP contribution in [0.2, 0.25) is 0 Å². The van der Waals surface area contributed by atoms with E-state index in [2.05, 4.69) is 4.98 Å². The molecule has 0 aromatic carbocycles. The van der Waals surface area contributed by atoms with Gasteiger partial charge in [0.15, 0.2) is 0 Å². The van der Waals surface area contributed by atoms with Crippen LogP contribution >= 0.6 is 0 Å². The summed E-state index contributed by atoms with van der Waals surface area (Å²) in [6.45, 7) is 1.11. The molecule has 0 amide bonds. The van der Waals surface area contributed by atoms with Crippen LogP contribution in [0.1, 0.15) is 17.7 Å². The molecule has 0 atom stereocenters. The highest BCUT2D eigenvalue weighted by molar-refractivity contribution is 5.39. The van der Waals surface area contributed by atoms with E-state index in [-0.39, 0.29) is 5.56 Å². The molecule has 76 valence electrons. The topological polar surface area (TPSA) is 56.0 Å². The molecule has 0 bridgehead atoms. The summed E-state index contributed by atoms with van der Waals surface area (Å²) in [6.07, 6.45) is -3.02. The zero-order valence-electron chi connectivity index (χ0n) is 7.00. The van der Waals surface area contributed by atoms with E-state index in [1.807, 2.05) is 0 Å². The van der Waals surface area contributed by atoms with Gasteiger partial charge in [0.25, 0.3) is 12.1 Å². The lowest BCUT2D eigenvalue weighted by atomic mass is 10.2. The number of rotatable bonds is 2. The highest BCUT2D eigenvalue weighted by atomic mass is 19.3. The zero-order chi connectivity index (χ0) is 10.9. The van der Waals surface area contributed by atoms with Gasteiger partial charge in [-0.3, -0.25) is 10.1 Å². The van der Waals surface area contributed by atoms with Crippen LogP contribution in [-0.4, -0.2) is 9.91 Å². The standard InChI is InChI=1S/C7H5F3N2O2/c1-3-5(12(13)14)2-4(6(8)9)11-7(3)10/h2,6H,1H3. The summed E-state index contributed by atoms with van der Waals surface area (Å²) in [6, 6.07) is 0.572. The summed E-state index contributed by atoms with van der Waals surface area (Å²) in [5, 5.41) is 10.3. The molecule has 0 aliphatic heterocycles. The molecular formula is C7H5F3N2O2. The smallest absolute Gasteiger partial charge is 0.258 e. The minimum atomic E-state index is -3.02. The lowest BCUT2D eigenvalue weighted by Gasteiger charge is -2.02. The molecule has 0 unspecified atom stereocenters. The predicted octanol–water partition coefficient (Wildman–Crippen LogP) is 2.37. The molecule has 1 rings (SSSR count). The van der Waals surface area contributed by atoms with Crippen LogP contribution in [0.15, 0.2) is 6.07 Å². The van der Waals surface area contributed by atoms with E-state index in [4.69, 9.17) is 0 Å². The van der Waals surface area contributed by atoms with E-state index in [0.717, 1.165) is 6.92 Å². The second kappa shape index (κ2) is 3.60. The number of alkyl halides is 2. The molecule has 0 saturated carbocycles. The Bertz CT molecular complexity index is 381. The van der Waals surface area contributed by atoms with Crippen molar-refractivity contribution in [2.24, 2.45) is 0 Å². The molecule has 0 aliphatic rings. The van der Waals surface area contributed by atoms with Crippen molar-refractivity contribution in [1.29, 1.82) is 0 Å². The summed E-state index contributed by atoms with van der Waals surface area (Å²) in [5.74, 6) is -1.24. The van der Waals surface area contributed by atoms with Gasteiger partial charge in [-0.15, -0.1) is 0 Å². The van der Waals surface area contributed by atoms with Crippen molar-refractivity contribution in [3.8, 4) is 0 Å².